The summed E-state index contributed by atoms with van der Waals surface area (Å²) < 4.78 is 13.0. The number of para-hydroxylation sites is 1. The summed E-state index contributed by atoms with van der Waals surface area (Å²) in [5.41, 5.74) is 2.03. The molecule has 110 valence electrons. The van der Waals surface area contributed by atoms with Crippen LogP contribution in [0.4, 0.5) is 10.1 Å². The van der Waals surface area contributed by atoms with Crippen molar-refractivity contribution in [3.05, 3.63) is 66.0 Å². The van der Waals surface area contributed by atoms with Crippen LogP contribution in [0, 0.1) is 5.82 Å². The second-order valence-electron chi connectivity index (χ2n) is 4.88. The number of hydrogen-bond acceptors (Lipinski definition) is 2. The number of hydrogen-bond donors (Lipinski definition) is 1. The fourth-order valence-corrected chi connectivity index (χ4v) is 2.17. The summed E-state index contributed by atoms with van der Waals surface area (Å²) in [6.45, 7) is 1.28. The Balaban J connectivity index is 2.07. The first-order valence-corrected chi connectivity index (χ1v) is 6.91. The van der Waals surface area contributed by atoms with Gasteiger partial charge in [0, 0.05) is 25.2 Å². The molecule has 1 N–H and O–H groups in total. The highest BCUT2D eigenvalue weighted by atomic mass is 19.1. The lowest BCUT2D eigenvalue weighted by Gasteiger charge is -2.25. The lowest BCUT2D eigenvalue weighted by Crippen LogP contribution is -2.24. The summed E-state index contributed by atoms with van der Waals surface area (Å²) >= 11 is 0. The number of benzene rings is 2. The van der Waals surface area contributed by atoms with Gasteiger partial charge in [0.2, 0.25) is 0 Å². The van der Waals surface area contributed by atoms with Gasteiger partial charge in [-0.3, -0.25) is 4.79 Å². The molecule has 0 spiro atoms. The van der Waals surface area contributed by atoms with E-state index in [9.17, 15) is 9.18 Å². The van der Waals surface area contributed by atoms with Crippen molar-refractivity contribution >= 4 is 11.7 Å². The minimum absolute atomic E-state index is 0.146. The fraction of sp³-hybridized carbons (Fsp3) is 0.235. The quantitative estimate of drug-likeness (QED) is 0.844. The first kappa shape index (κ1) is 15.0. The number of rotatable bonds is 7. The van der Waals surface area contributed by atoms with E-state index in [0.29, 0.717) is 19.5 Å². The molecule has 2 rings (SSSR count). The molecule has 0 radical (unpaired) electrons. The van der Waals surface area contributed by atoms with Gasteiger partial charge in [-0.25, -0.2) is 4.39 Å². The summed E-state index contributed by atoms with van der Waals surface area (Å²) in [5.74, 6) is -1.04. The van der Waals surface area contributed by atoms with Gasteiger partial charge in [0.05, 0.1) is 0 Å². The predicted octanol–water partition coefficient (Wildman–Crippen LogP) is 3.70. The number of anilines is 1. The average molecular weight is 287 g/mol. The van der Waals surface area contributed by atoms with Gasteiger partial charge in [-0.15, -0.1) is 0 Å². The first-order chi connectivity index (χ1) is 10.1. The minimum atomic E-state index is -0.787. The van der Waals surface area contributed by atoms with E-state index in [0.717, 1.165) is 11.3 Å². The number of carboxylic acids is 1. The molecule has 0 aliphatic heterocycles. The smallest absolute Gasteiger partial charge is 0.303 e. The van der Waals surface area contributed by atoms with Crippen LogP contribution in [-0.4, -0.2) is 17.6 Å². The Morgan fingerprint density at radius 2 is 1.71 bits per heavy atom. The molecule has 0 saturated carbocycles. The molecule has 0 aromatic heterocycles. The summed E-state index contributed by atoms with van der Waals surface area (Å²) in [6, 6.07) is 16.2. The third-order valence-electron chi connectivity index (χ3n) is 3.23. The number of carboxylic acid groups (broad SMARTS) is 1. The summed E-state index contributed by atoms with van der Waals surface area (Å²) in [5, 5.41) is 8.76. The van der Waals surface area contributed by atoms with Gasteiger partial charge in [0.1, 0.15) is 5.82 Å². The zero-order chi connectivity index (χ0) is 15.1. The SMILES string of the molecule is O=C(O)CCCN(Cc1ccc(F)cc1)c1ccccc1. The Bertz CT molecular complexity index is 569. The van der Waals surface area contributed by atoms with Gasteiger partial charge >= 0.3 is 5.97 Å². The van der Waals surface area contributed by atoms with Gasteiger partial charge < -0.3 is 10.0 Å². The molecule has 0 bridgehead atoms. The molecule has 4 heteroatoms. The lowest BCUT2D eigenvalue weighted by atomic mass is 10.1. The van der Waals surface area contributed by atoms with Crippen LogP contribution >= 0.6 is 0 Å². The van der Waals surface area contributed by atoms with Crippen LogP contribution in [0.1, 0.15) is 18.4 Å². The highest BCUT2D eigenvalue weighted by Crippen LogP contribution is 2.18. The predicted molar refractivity (Wildman–Crippen MR) is 80.8 cm³/mol. The molecule has 2 aromatic carbocycles. The van der Waals surface area contributed by atoms with Crippen LogP contribution in [0.3, 0.4) is 0 Å². The highest BCUT2D eigenvalue weighted by molar-refractivity contribution is 5.66. The third-order valence-corrected chi connectivity index (χ3v) is 3.23. The van der Waals surface area contributed by atoms with E-state index in [-0.39, 0.29) is 12.2 Å². The van der Waals surface area contributed by atoms with Crippen molar-refractivity contribution in [2.45, 2.75) is 19.4 Å². The van der Waals surface area contributed by atoms with Crippen LogP contribution < -0.4 is 4.90 Å². The van der Waals surface area contributed by atoms with Crippen molar-refractivity contribution < 1.29 is 14.3 Å². The Morgan fingerprint density at radius 1 is 1.05 bits per heavy atom. The van der Waals surface area contributed by atoms with Crippen LogP contribution in [-0.2, 0) is 11.3 Å². The number of halogens is 1. The maximum atomic E-state index is 13.0. The molecule has 0 aliphatic rings. The van der Waals surface area contributed by atoms with Gasteiger partial charge in [0.25, 0.3) is 0 Å². The molecule has 0 atom stereocenters. The van der Waals surface area contributed by atoms with E-state index in [1.54, 1.807) is 12.1 Å². The number of nitrogens with zero attached hydrogens (tertiary/aromatic N) is 1. The molecule has 3 nitrogen and oxygen atoms in total. The molecule has 21 heavy (non-hydrogen) atoms. The maximum Gasteiger partial charge on any atom is 0.303 e. The van der Waals surface area contributed by atoms with E-state index in [4.69, 9.17) is 5.11 Å². The summed E-state index contributed by atoms with van der Waals surface area (Å²) in [4.78, 5) is 12.8. The van der Waals surface area contributed by atoms with Crippen molar-refractivity contribution in [1.82, 2.24) is 0 Å². The monoisotopic (exact) mass is 287 g/mol. The number of carbonyl (C=O) groups is 1. The van der Waals surface area contributed by atoms with Crippen LogP contribution in [0.25, 0.3) is 0 Å². The van der Waals surface area contributed by atoms with E-state index < -0.39 is 5.97 Å². The normalized spacial score (nSPS) is 10.3. The summed E-state index contributed by atoms with van der Waals surface area (Å²) in [6.07, 6.45) is 0.720. The Morgan fingerprint density at radius 3 is 2.33 bits per heavy atom. The van der Waals surface area contributed by atoms with Gasteiger partial charge in [0.15, 0.2) is 0 Å². The molecule has 0 unspecified atom stereocenters. The third kappa shape index (κ3) is 4.91. The lowest BCUT2D eigenvalue weighted by molar-refractivity contribution is -0.137. The summed E-state index contributed by atoms with van der Waals surface area (Å²) in [7, 11) is 0. The van der Waals surface area contributed by atoms with Gasteiger partial charge in [-0.05, 0) is 36.2 Å². The topological polar surface area (TPSA) is 40.5 Å². The van der Waals surface area contributed by atoms with Crippen LogP contribution in [0.5, 0.6) is 0 Å². The zero-order valence-electron chi connectivity index (χ0n) is 11.7. The Kier molecular flexibility index (Phi) is 5.32. The number of aliphatic carboxylic acids is 1. The molecule has 0 heterocycles. The minimum Gasteiger partial charge on any atom is -0.481 e. The van der Waals surface area contributed by atoms with E-state index in [1.165, 1.54) is 12.1 Å². The Hall–Kier alpha value is -2.36. The van der Waals surface area contributed by atoms with E-state index >= 15 is 0 Å². The van der Waals surface area contributed by atoms with E-state index in [1.807, 2.05) is 30.3 Å². The van der Waals surface area contributed by atoms with Crippen molar-refractivity contribution in [3.63, 3.8) is 0 Å². The van der Waals surface area contributed by atoms with Crippen LogP contribution in [0.2, 0.25) is 0 Å². The first-order valence-electron chi connectivity index (χ1n) is 6.91. The fourth-order valence-electron chi connectivity index (χ4n) is 2.17. The van der Waals surface area contributed by atoms with Crippen molar-refractivity contribution in [2.75, 3.05) is 11.4 Å². The largest absolute Gasteiger partial charge is 0.481 e. The van der Waals surface area contributed by atoms with Crippen molar-refractivity contribution in [3.8, 4) is 0 Å². The maximum absolute atomic E-state index is 13.0. The molecule has 0 fully saturated rings. The molecular formula is C17H18FNO2. The van der Waals surface area contributed by atoms with Crippen molar-refractivity contribution in [2.24, 2.45) is 0 Å². The molecule has 0 saturated heterocycles. The second-order valence-corrected chi connectivity index (χ2v) is 4.88. The molecular weight excluding hydrogens is 269 g/mol. The standard InChI is InChI=1S/C17H18FNO2/c18-15-10-8-14(9-11-15)13-19(12-4-7-17(20)21)16-5-2-1-3-6-16/h1-3,5-6,8-11H,4,7,12-13H2,(H,20,21). The second kappa shape index (κ2) is 7.43. The highest BCUT2D eigenvalue weighted by Gasteiger charge is 2.08. The Labute approximate surface area is 123 Å². The molecule has 0 aliphatic carbocycles. The van der Waals surface area contributed by atoms with Gasteiger partial charge in [-0.1, -0.05) is 30.3 Å². The molecule has 2 aromatic rings. The van der Waals surface area contributed by atoms with Crippen LogP contribution in [0.15, 0.2) is 54.6 Å². The van der Waals surface area contributed by atoms with Gasteiger partial charge in [-0.2, -0.15) is 0 Å². The molecule has 0 amide bonds. The average Bonchev–Trinajstić information content (AvgIpc) is 2.49. The van der Waals surface area contributed by atoms with Crippen molar-refractivity contribution in [1.29, 1.82) is 0 Å². The van der Waals surface area contributed by atoms with E-state index in [2.05, 4.69) is 4.90 Å². The zero-order valence-corrected chi connectivity index (χ0v) is 11.7.